The quantitative estimate of drug-likeness (QED) is 0.657. The van der Waals surface area contributed by atoms with Crippen LogP contribution in [-0.2, 0) is 0 Å². The lowest BCUT2D eigenvalue weighted by molar-refractivity contribution is 0.0693. The lowest BCUT2D eigenvalue weighted by Gasteiger charge is -2.05. The fourth-order valence-electron chi connectivity index (χ4n) is 1.89. The van der Waals surface area contributed by atoms with Crippen LogP contribution in [0.2, 0.25) is 0 Å². The summed E-state index contributed by atoms with van der Waals surface area (Å²) in [6, 6.07) is 12.9. The Balaban J connectivity index is 1.99. The van der Waals surface area contributed by atoms with Crippen LogP contribution < -0.4 is 0 Å². The number of hydrogen-bond acceptors (Lipinski definition) is 3. The van der Waals surface area contributed by atoms with E-state index in [4.69, 9.17) is 0 Å². The highest BCUT2D eigenvalue weighted by molar-refractivity contribution is 14.1. The van der Waals surface area contributed by atoms with Crippen LogP contribution in [0.25, 0.3) is 10.9 Å². The highest BCUT2D eigenvalue weighted by Crippen LogP contribution is 2.32. The number of fused-ring (bicyclic) bond motifs is 1. The van der Waals surface area contributed by atoms with Gasteiger partial charge in [0.25, 0.3) is 0 Å². The molecular formula is C14H9IN2O2S. The molecule has 20 heavy (non-hydrogen) atoms. The zero-order valence-electron chi connectivity index (χ0n) is 10.1. The van der Waals surface area contributed by atoms with Crippen molar-refractivity contribution >= 4 is 51.2 Å². The van der Waals surface area contributed by atoms with E-state index in [1.54, 1.807) is 12.1 Å². The zero-order valence-corrected chi connectivity index (χ0v) is 13.1. The third-order valence-corrected chi connectivity index (χ3v) is 4.72. The number of carboxylic acids is 1. The zero-order chi connectivity index (χ0) is 14.1. The van der Waals surface area contributed by atoms with Crippen molar-refractivity contribution in [3.8, 4) is 0 Å². The van der Waals surface area contributed by atoms with Crippen LogP contribution in [-0.4, -0.2) is 21.3 Å². The van der Waals surface area contributed by atoms with Gasteiger partial charge in [-0.05, 0) is 52.9 Å². The monoisotopic (exact) mass is 396 g/mol. The molecule has 2 N–H and O–H groups in total. The summed E-state index contributed by atoms with van der Waals surface area (Å²) in [5, 5.41) is 17.4. The van der Waals surface area contributed by atoms with Crippen LogP contribution in [0.4, 0.5) is 0 Å². The molecule has 0 radical (unpaired) electrons. The average molecular weight is 396 g/mol. The fourth-order valence-corrected chi connectivity index (χ4v) is 3.46. The minimum atomic E-state index is -0.912. The number of nitrogens with zero attached hydrogens (tertiary/aromatic N) is 1. The Morgan fingerprint density at radius 3 is 2.85 bits per heavy atom. The fraction of sp³-hybridized carbons (Fsp3) is 0. The van der Waals surface area contributed by atoms with Gasteiger partial charge in [0.15, 0.2) is 0 Å². The van der Waals surface area contributed by atoms with Gasteiger partial charge >= 0.3 is 5.97 Å². The van der Waals surface area contributed by atoms with E-state index < -0.39 is 5.97 Å². The number of benzene rings is 2. The second-order valence-electron chi connectivity index (χ2n) is 4.13. The van der Waals surface area contributed by atoms with E-state index in [0.29, 0.717) is 5.56 Å². The maximum absolute atomic E-state index is 11.2. The number of nitrogens with one attached hydrogen (secondary N) is 1. The molecular weight excluding hydrogens is 387 g/mol. The van der Waals surface area contributed by atoms with Crippen LogP contribution in [0.15, 0.2) is 52.3 Å². The molecule has 0 aliphatic carbocycles. The molecule has 3 rings (SSSR count). The van der Waals surface area contributed by atoms with Crippen LogP contribution >= 0.6 is 34.4 Å². The van der Waals surface area contributed by atoms with Gasteiger partial charge < -0.3 is 5.11 Å². The van der Waals surface area contributed by atoms with E-state index in [2.05, 4.69) is 32.8 Å². The number of carboxylic acid groups (broad SMARTS) is 1. The highest BCUT2D eigenvalue weighted by Gasteiger charge is 2.11. The smallest absolute Gasteiger partial charge is 0.336 e. The molecule has 0 aliphatic rings. The first-order valence-corrected chi connectivity index (χ1v) is 7.68. The van der Waals surface area contributed by atoms with Crippen molar-refractivity contribution in [1.82, 2.24) is 10.2 Å². The number of aromatic carboxylic acids is 1. The molecule has 4 nitrogen and oxygen atoms in total. The molecule has 0 atom stereocenters. The molecule has 1 heterocycles. The predicted molar refractivity (Wildman–Crippen MR) is 86.3 cm³/mol. The minimum absolute atomic E-state index is 0.316. The Hall–Kier alpha value is -1.54. The molecule has 0 unspecified atom stereocenters. The van der Waals surface area contributed by atoms with Gasteiger partial charge in [-0.15, -0.1) is 0 Å². The lowest BCUT2D eigenvalue weighted by Crippen LogP contribution is -1.97. The van der Waals surface area contributed by atoms with E-state index in [9.17, 15) is 9.90 Å². The normalized spacial score (nSPS) is 10.8. The van der Waals surface area contributed by atoms with Gasteiger partial charge in [-0.3, -0.25) is 5.10 Å². The average Bonchev–Trinajstić information content (AvgIpc) is 2.80. The van der Waals surface area contributed by atoms with E-state index in [1.165, 1.54) is 11.8 Å². The topological polar surface area (TPSA) is 66.0 Å². The molecule has 3 aromatic rings. The summed E-state index contributed by atoms with van der Waals surface area (Å²) in [7, 11) is 0. The molecule has 6 heteroatoms. The van der Waals surface area contributed by atoms with Gasteiger partial charge in [-0.25, -0.2) is 4.79 Å². The van der Waals surface area contributed by atoms with Gasteiger partial charge in [-0.1, -0.05) is 23.9 Å². The van der Waals surface area contributed by atoms with Crippen molar-refractivity contribution in [2.75, 3.05) is 0 Å². The van der Waals surface area contributed by atoms with Crippen molar-refractivity contribution in [3.63, 3.8) is 0 Å². The van der Waals surface area contributed by atoms with E-state index in [0.717, 1.165) is 24.4 Å². The minimum Gasteiger partial charge on any atom is -0.478 e. The van der Waals surface area contributed by atoms with Crippen molar-refractivity contribution in [3.05, 3.63) is 51.7 Å². The van der Waals surface area contributed by atoms with Crippen LogP contribution in [0.1, 0.15) is 10.4 Å². The molecule has 0 fully saturated rings. The molecule has 100 valence electrons. The Morgan fingerprint density at radius 2 is 2.05 bits per heavy atom. The predicted octanol–water partition coefficient (Wildman–Crippen LogP) is 4.02. The molecule has 0 amide bonds. The first-order chi connectivity index (χ1) is 9.65. The Labute approximate surface area is 132 Å². The van der Waals surface area contributed by atoms with Crippen molar-refractivity contribution in [2.45, 2.75) is 9.79 Å². The summed E-state index contributed by atoms with van der Waals surface area (Å²) in [5.41, 5.74) is 1.27. The SMILES string of the molecule is O=C(O)c1ccccc1Sc1ccc2c(I)n[nH]c2c1. The molecule has 1 aromatic heterocycles. The first kappa shape index (κ1) is 13.4. The number of halogens is 1. The van der Waals surface area contributed by atoms with Crippen molar-refractivity contribution < 1.29 is 9.90 Å². The third kappa shape index (κ3) is 2.53. The first-order valence-electron chi connectivity index (χ1n) is 5.79. The number of aromatic amines is 1. The molecule has 0 bridgehead atoms. The van der Waals surface area contributed by atoms with Crippen molar-refractivity contribution in [1.29, 1.82) is 0 Å². The van der Waals surface area contributed by atoms with E-state index in [-0.39, 0.29) is 0 Å². The maximum Gasteiger partial charge on any atom is 0.336 e. The van der Waals surface area contributed by atoms with Gasteiger partial charge in [0, 0.05) is 15.2 Å². The number of H-pyrrole nitrogens is 1. The summed E-state index contributed by atoms with van der Waals surface area (Å²) in [6.07, 6.45) is 0. The standard InChI is InChI=1S/C14H9IN2O2S/c15-13-9-6-5-8(7-11(9)16-17-13)20-12-4-2-1-3-10(12)14(18)19/h1-7H,(H,16,17)(H,18,19). The lowest BCUT2D eigenvalue weighted by atomic mass is 10.2. The van der Waals surface area contributed by atoms with Gasteiger partial charge in [0.05, 0.1) is 11.1 Å². The van der Waals surface area contributed by atoms with Crippen LogP contribution in [0, 0.1) is 3.70 Å². The highest BCUT2D eigenvalue weighted by atomic mass is 127. The number of hydrogen-bond donors (Lipinski definition) is 2. The number of rotatable bonds is 3. The molecule has 0 aliphatic heterocycles. The summed E-state index contributed by atoms with van der Waals surface area (Å²) >= 11 is 3.61. The van der Waals surface area contributed by atoms with Crippen LogP contribution in [0.3, 0.4) is 0 Å². The summed E-state index contributed by atoms with van der Waals surface area (Å²) in [4.78, 5) is 12.9. The maximum atomic E-state index is 11.2. The van der Waals surface area contributed by atoms with E-state index >= 15 is 0 Å². The summed E-state index contributed by atoms with van der Waals surface area (Å²) < 4.78 is 0.931. The van der Waals surface area contributed by atoms with Gasteiger partial charge in [0.1, 0.15) is 3.70 Å². The van der Waals surface area contributed by atoms with Gasteiger partial charge in [-0.2, -0.15) is 5.10 Å². The number of aromatic nitrogens is 2. The largest absolute Gasteiger partial charge is 0.478 e. The summed E-state index contributed by atoms with van der Waals surface area (Å²) in [5.74, 6) is -0.912. The van der Waals surface area contributed by atoms with Crippen LogP contribution in [0.5, 0.6) is 0 Å². The van der Waals surface area contributed by atoms with Crippen molar-refractivity contribution in [2.24, 2.45) is 0 Å². The second-order valence-corrected chi connectivity index (χ2v) is 6.26. The summed E-state index contributed by atoms with van der Waals surface area (Å²) in [6.45, 7) is 0. The second kappa shape index (κ2) is 5.45. The molecule has 2 aromatic carbocycles. The van der Waals surface area contributed by atoms with E-state index in [1.807, 2.05) is 30.3 Å². The Bertz CT molecular complexity index is 801. The number of carbonyl (C=O) groups is 1. The van der Waals surface area contributed by atoms with Gasteiger partial charge in [0.2, 0.25) is 0 Å². The Morgan fingerprint density at radius 1 is 1.25 bits per heavy atom. The third-order valence-electron chi connectivity index (χ3n) is 2.83. The Kier molecular flexibility index (Phi) is 3.66. The molecule has 0 saturated carbocycles. The molecule has 0 spiro atoms. The molecule has 0 saturated heterocycles.